The van der Waals surface area contributed by atoms with Gasteiger partial charge in [0, 0.05) is 6.54 Å². The monoisotopic (exact) mass is 443 g/mol. The van der Waals surface area contributed by atoms with Crippen molar-refractivity contribution >= 4 is 23.2 Å². The Morgan fingerprint density at radius 3 is 1.72 bits per heavy atom. The van der Waals surface area contributed by atoms with Crippen molar-refractivity contribution in [1.82, 2.24) is 4.90 Å². The lowest BCUT2D eigenvalue weighted by molar-refractivity contribution is 0.110. The molecule has 0 amide bonds. The summed E-state index contributed by atoms with van der Waals surface area (Å²) in [7, 11) is 0. The third kappa shape index (κ3) is 11.6. The van der Waals surface area contributed by atoms with Gasteiger partial charge in [0.05, 0.1) is 16.1 Å². The number of benzene rings is 1. The summed E-state index contributed by atoms with van der Waals surface area (Å²) in [5, 5.41) is 12.0. The van der Waals surface area contributed by atoms with Crippen LogP contribution in [0.5, 0.6) is 0 Å². The zero-order valence-electron chi connectivity index (χ0n) is 19.0. The van der Waals surface area contributed by atoms with E-state index >= 15 is 0 Å². The zero-order chi connectivity index (χ0) is 21.5. The van der Waals surface area contributed by atoms with Crippen molar-refractivity contribution < 1.29 is 5.11 Å². The van der Waals surface area contributed by atoms with E-state index < -0.39 is 6.10 Å². The molecule has 1 rings (SSSR count). The highest BCUT2D eigenvalue weighted by Crippen LogP contribution is 2.29. The number of unbranched alkanes of at least 4 members (excludes halogenated alkanes) is 10. The lowest BCUT2D eigenvalue weighted by atomic mass is 10.0. The molecule has 1 atom stereocenters. The first-order chi connectivity index (χ1) is 14.0. The van der Waals surface area contributed by atoms with Crippen molar-refractivity contribution in [3.8, 4) is 0 Å². The number of hydrogen-bond acceptors (Lipinski definition) is 2. The SMILES string of the molecule is CCCCCCCCN(CCCCCCCC)C[C@H](O)c1cc(Cl)c(Cl)cc1C. The minimum absolute atomic E-state index is 0.518. The van der Waals surface area contributed by atoms with Crippen LogP contribution in [0.15, 0.2) is 12.1 Å². The highest BCUT2D eigenvalue weighted by molar-refractivity contribution is 6.42. The van der Waals surface area contributed by atoms with Gasteiger partial charge in [0.25, 0.3) is 0 Å². The van der Waals surface area contributed by atoms with Gasteiger partial charge in [-0.3, -0.25) is 0 Å². The lowest BCUT2D eigenvalue weighted by Gasteiger charge is -2.26. The van der Waals surface area contributed by atoms with Gasteiger partial charge in [-0.15, -0.1) is 0 Å². The Balaban J connectivity index is 2.55. The standard InChI is InChI=1S/C25H43Cl2NO/c1-4-6-8-10-12-14-16-28(17-15-13-11-9-7-5-2)20-25(29)22-19-24(27)23(26)18-21(22)3/h18-19,25,29H,4-17,20H2,1-3H3/t25-/m0/s1. The van der Waals surface area contributed by atoms with E-state index in [1.807, 2.05) is 19.1 Å². The summed E-state index contributed by atoms with van der Waals surface area (Å²) in [5.74, 6) is 0. The number of aliphatic hydroxyl groups is 1. The van der Waals surface area contributed by atoms with E-state index in [9.17, 15) is 5.11 Å². The van der Waals surface area contributed by atoms with Crippen LogP contribution in [0.4, 0.5) is 0 Å². The molecule has 4 heteroatoms. The largest absolute Gasteiger partial charge is 0.387 e. The quantitative estimate of drug-likeness (QED) is 0.244. The molecule has 0 radical (unpaired) electrons. The molecule has 1 aromatic carbocycles. The molecule has 0 aliphatic carbocycles. The highest BCUT2D eigenvalue weighted by atomic mass is 35.5. The fraction of sp³-hybridized carbons (Fsp3) is 0.760. The van der Waals surface area contributed by atoms with Crippen LogP contribution in [-0.4, -0.2) is 29.6 Å². The van der Waals surface area contributed by atoms with Crippen LogP contribution in [0.25, 0.3) is 0 Å². The van der Waals surface area contributed by atoms with Crippen molar-refractivity contribution in [2.75, 3.05) is 19.6 Å². The number of aryl methyl sites for hydroxylation is 1. The van der Waals surface area contributed by atoms with Gasteiger partial charge >= 0.3 is 0 Å². The maximum atomic E-state index is 10.9. The second-order valence-electron chi connectivity index (χ2n) is 8.47. The van der Waals surface area contributed by atoms with Crippen LogP contribution in [-0.2, 0) is 0 Å². The molecule has 2 nitrogen and oxygen atoms in total. The third-order valence-electron chi connectivity index (χ3n) is 5.75. The molecular formula is C25H43Cl2NO. The predicted octanol–water partition coefficient (Wildman–Crippen LogP) is 8.36. The van der Waals surface area contributed by atoms with Crippen LogP contribution < -0.4 is 0 Å². The van der Waals surface area contributed by atoms with Crippen molar-refractivity contribution in [2.45, 2.75) is 104 Å². The van der Waals surface area contributed by atoms with E-state index in [-0.39, 0.29) is 0 Å². The van der Waals surface area contributed by atoms with Gasteiger partial charge in [-0.1, -0.05) is 101 Å². The lowest BCUT2D eigenvalue weighted by Crippen LogP contribution is -2.31. The Labute approximate surface area is 190 Å². The molecule has 0 bridgehead atoms. The second-order valence-corrected chi connectivity index (χ2v) is 9.29. The van der Waals surface area contributed by atoms with Gasteiger partial charge < -0.3 is 10.0 Å². The van der Waals surface area contributed by atoms with E-state index in [0.29, 0.717) is 16.6 Å². The molecule has 0 saturated heterocycles. The average molecular weight is 445 g/mol. The number of halogens is 2. The predicted molar refractivity (Wildman–Crippen MR) is 129 cm³/mol. The van der Waals surface area contributed by atoms with Crippen LogP contribution in [0.2, 0.25) is 10.0 Å². The Bertz CT molecular complexity index is 534. The van der Waals surface area contributed by atoms with Crippen LogP contribution >= 0.6 is 23.2 Å². The van der Waals surface area contributed by atoms with E-state index in [2.05, 4.69) is 18.7 Å². The molecule has 0 aromatic heterocycles. The first-order valence-corrected chi connectivity index (χ1v) is 12.6. The molecular weight excluding hydrogens is 401 g/mol. The van der Waals surface area contributed by atoms with E-state index in [1.165, 1.54) is 77.0 Å². The minimum Gasteiger partial charge on any atom is -0.387 e. The average Bonchev–Trinajstić information content (AvgIpc) is 2.69. The van der Waals surface area contributed by atoms with Gasteiger partial charge in [0.15, 0.2) is 0 Å². The number of aliphatic hydroxyl groups excluding tert-OH is 1. The van der Waals surface area contributed by atoms with Crippen LogP contribution in [0.3, 0.4) is 0 Å². The van der Waals surface area contributed by atoms with Gasteiger partial charge in [0.2, 0.25) is 0 Å². The highest BCUT2D eigenvalue weighted by Gasteiger charge is 2.17. The molecule has 0 unspecified atom stereocenters. The maximum absolute atomic E-state index is 10.9. The smallest absolute Gasteiger partial charge is 0.0920 e. The Hall–Kier alpha value is -0.280. The van der Waals surface area contributed by atoms with Crippen LogP contribution in [0, 0.1) is 6.92 Å². The summed E-state index contributed by atoms with van der Waals surface area (Å²) in [5.41, 5.74) is 1.90. The van der Waals surface area contributed by atoms with Crippen molar-refractivity contribution in [1.29, 1.82) is 0 Å². The summed E-state index contributed by atoms with van der Waals surface area (Å²) in [6.45, 7) is 9.32. The Morgan fingerprint density at radius 2 is 1.21 bits per heavy atom. The first-order valence-electron chi connectivity index (χ1n) is 11.9. The van der Waals surface area contributed by atoms with E-state index in [0.717, 1.165) is 24.2 Å². The normalized spacial score (nSPS) is 12.7. The van der Waals surface area contributed by atoms with E-state index in [4.69, 9.17) is 23.2 Å². The maximum Gasteiger partial charge on any atom is 0.0920 e. The minimum atomic E-state index is -0.523. The third-order valence-corrected chi connectivity index (χ3v) is 6.48. The fourth-order valence-corrected chi connectivity index (χ4v) is 4.28. The molecule has 29 heavy (non-hydrogen) atoms. The topological polar surface area (TPSA) is 23.5 Å². The summed E-state index contributed by atoms with van der Waals surface area (Å²) < 4.78 is 0. The molecule has 0 aliphatic heterocycles. The summed E-state index contributed by atoms with van der Waals surface area (Å²) >= 11 is 12.3. The molecule has 0 saturated carbocycles. The summed E-state index contributed by atoms with van der Waals surface area (Å²) in [6.07, 6.45) is 15.1. The summed E-state index contributed by atoms with van der Waals surface area (Å²) in [4.78, 5) is 2.45. The number of nitrogens with zero attached hydrogens (tertiary/aromatic N) is 1. The fourth-order valence-electron chi connectivity index (χ4n) is 3.89. The van der Waals surface area contributed by atoms with Crippen molar-refractivity contribution in [3.05, 3.63) is 33.3 Å². The van der Waals surface area contributed by atoms with Crippen molar-refractivity contribution in [2.24, 2.45) is 0 Å². The van der Waals surface area contributed by atoms with Crippen molar-refractivity contribution in [3.63, 3.8) is 0 Å². The summed E-state index contributed by atoms with van der Waals surface area (Å²) in [6, 6.07) is 3.69. The van der Waals surface area contributed by atoms with Gasteiger partial charge in [-0.25, -0.2) is 0 Å². The number of rotatable bonds is 17. The molecule has 1 aromatic rings. The molecule has 1 N–H and O–H groups in total. The van der Waals surface area contributed by atoms with Gasteiger partial charge in [-0.2, -0.15) is 0 Å². The van der Waals surface area contributed by atoms with Gasteiger partial charge in [-0.05, 0) is 56.1 Å². The number of hydrogen-bond donors (Lipinski definition) is 1. The van der Waals surface area contributed by atoms with Crippen LogP contribution in [0.1, 0.15) is 108 Å². The zero-order valence-corrected chi connectivity index (χ0v) is 20.5. The molecule has 0 fully saturated rings. The Morgan fingerprint density at radius 1 is 0.759 bits per heavy atom. The molecule has 168 valence electrons. The second kappa shape index (κ2) is 16.4. The van der Waals surface area contributed by atoms with E-state index in [1.54, 1.807) is 0 Å². The first kappa shape index (κ1) is 26.8. The molecule has 0 spiro atoms. The molecule has 0 heterocycles. The Kier molecular flexibility index (Phi) is 15.1. The molecule has 0 aliphatic rings. The van der Waals surface area contributed by atoms with Gasteiger partial charge in [0.1, 0.15) is 0 Å².